The van der Waals surface area contributed by atoms with Gasteiger partial charge in [-0.15, -0.1) is 0 Å². The molecule has 2 rings (SSSR count). The van der Waals surface area contributed by atoms with Gasteiger partial charge in [-0.2, -0.15) is 0 Å². The van der Waals surface area contributed by atoms with Gasteiger partial charge in [-0.1, -0.05) is 42.5 Å². The maximum Gasteiger partial charge on any atom is 0.342 e. The van der Waals surface area contributed by atoms with Gasteiger partial charge in [0.1, 0.15) is 0 Å². The van der Waals surface area contributed by atoms with Gasteiger partial charge in [0.15, 0.2) is 0 Å². The van der Waals surface area contributed by atoms with E-state index in [1.54, 1.807) is 19.1 Å². The van der Waals surface area contributed by atoms with Crippen LogP contribution in [0.5, 0.6) is 0 Å². The fourth-order valence-corrected chi connectivity index (χ4v) is 2.16. The lowest BCUT2D eigenvalue weighted by molar-refractivity contribution is -0.149. The molecule has 5 heteroatoms. The first-order chi connectivity index (χ1) is 11.1. The molecule has 0 bridgehead atoms. The van der Waals surface area contributed by atoms with Crippen LogP contribution in [-0.2, 0) is 16.1 Å². The molecule has 0 fully saturated rings. The third-order valence-electron chi connectivity index (χ3n) is 3.46. The number of carbonyl (C=O) groups is 1. The number of ether oxygens (including phenoxy) is 1. The van der Waals surface area contributed by atoms with Crippen molar-refractivity contribution in [3.63, 3.8) is 0 Å². The number of anilines is 1. The molecule has 1 unspecified atom stereocenters. The number of nitrogens with one attached hydrogen (secondary N) is 1. The van der Waals surface area contributed by atoms with E-state index in [9.17, 15) is 9.18 Å². The normalized spacial score (nSPS) is 13.2. The zero-order chi connectivity index (χ0) is 16.7. The topological polar surface area (TPSA) is 64.3 Å². The van der Waals surface area contributed by atoms with Crippen LogP contribution >= 0.6 is 0 Å². The van der Waals surface area contributed by atoms with Gasteiger partial charge in [0.2, 0.25) is 6.17 Å². The molecule has 0 radical (unpaired) electrons. The summed E-state index contributed by atoms with van der Waals surface area (Å²) >= 11 is 0. The maximum absolute atomic E-state index is 13.9. The van der Waals surface area contributed by atoms with Crippen molar-refractivity contribution in [2.45, 2.75) is 25.7 Å². The fraction of sp³-hybridized carbons (Fsp3) is 0.278. The molecule has 23 heavy (non-hydrogen) atoms. The Labute approximate surface area is 135 Å². The van der Waals surface area contributed by atoms with Crippen LogP contribution < -0.4 is 11.1 Å². The first kappa shape index (κ1) is 17.0. The van der Waals surface area contributed by atoms with Crippen LogP contribution in [0.3, 0.4) is 0 Å². The van der Waals surface area contributed by atoms with Crippen LogP contribution in [0.15, 0.2) is 54.6 Å². The lowest BCUT2D eigenvalue weighted by Crippen LogP contribution is -2.31. The van der Waals surface area contributed by atoms with Crippen LogP contribution in [0.4, 0.5) is 10.1 Å². The molecule has 122 valence electrons. The second kappa shape index (κ2) is 8.29. The third kappa shape index (κ3) is 4.79. The summed E-state index contributed by atoms with van der Waals surface area (Å²) in [6, 6.07) is 16.0. The van der Waals surface area contributed by atoms with Crippen molar-refractivity contribution in [3.05, 3.63) is 65.7 Å². The van der Waals surface area contributed by atoms with Crippen molar-refractivity contribution in [2.24, 2.45) is 5.73 Å². The predicted molar refractivity (Wildman–Crippen MR) is 88.7 cm³/mol. The van der Waals surface area contributed by atoms with E-state index in [1.807, 2.05) is 42.5 Å². The predicted octanol–water partition coefficient (Wildman–Crippen LogP) is 3.20. The van der Waals surface area contributed by atoms with Crippen LogP contribution in [0.1, 0.15) is 24.1 Å². The second-order valence-electron chi connectivity index (χ2n) is 5.14. The zero-order valence-corrected chi connectivity index (χ0v) is 13.0. The summed E-state index contributed by atoms with van der Waals surface area (Å²) in [6.45, 7) is 2.46. The quantitative estimate of drug-likeness (QED) is 0.770. The summed E-state index contributed by atoms with van der Waals surface area (Å²) < 4.78 is 18.6. The zero-order valence-electron chi connectivity index (χ0n) is 13.0. The van der Waals surface area contributed by atoms with E-state index in [1.165, 1.54) is 5.56 Å². The Balaban J connectivity index is 1.94. The minimum atomic E-state index is -1.86. The number of halogens is 1. The van der Waals surface area contributed by atoms with Gasteiger partial charge < -0.3 is 15.8 Å². The van der Waals surface area contributed by atoms with E-state index < -0.39 is 18.2 Å². The highest BCUT2D eigenvalue weighted by molar-refractivity contribution is 5.75. The SMILES string of the molecule is CCOC(=O)C(F)[C@@H](N)c1ccc(NCc2ccccc2)cc1. The molecule has 0 aliphatic heterocycles. The lowest BCUT2D eigenvalue weighted by atomic mass is 10.0. The summed E-state index contributed by atoms with van der Waals surface area (Å²) in [5.74, 6) is -0.925. The Hall–Kier alpha value is -2.40. The Bertz CT molecular complexity index is 617. The Kier molecular flexibility index (Phi) is 6.11. The number of nitrogens with two attached hydrogens (primary N) is 1. The second-order valence-corrected chi connectivity index (χ2v) is 5.14. The summed E-state index contributed by atoms with van der Waals surface area (Å²) in [6.07, 6.45) is -1.86. The van der Waals surface area contributed by atoms with Gasteiger partial charge in [-0.25, -0.2) is 9.18 Å². The summed E-state index contributed by atoms with van der Waals surface area (Å²) in [5.41, 5.74) is 8.41. The molecular formula is C18H21FN2O2. The molecule has 2 aromatic rings. The molecule has 0 heterocycles. The number of benzene rings is 2. The molecule has 0 aromatic heterocycles. The molecule has 0 saturated carbocycles. The average Bonchev–Trinajstić information content (AvgIpc) is 2.60. The van der Waals surface area contributed by atoms with Gasteiger partial charge >= 0.3 is 5.97 Å². The average molecular weight is 316 g/mol. The highest BCUT2D eigenvalue weighted by Gasteiger charge is 2.27. The van der Waals surface area contributed by atoms with Crippen LogP contribution in [0.25, 0.3) is 0 Å². The van der Waals surface area contributed by atoms with Crippen molar-refractivity contribution in [1.29, 1.82) is 0 Å². The Morgan fingerprint density at radius 1 is 1.17 bits per heavy atom. The van der Waals surface area contributed by atoms with Gasteiger partial charge in [0.05, 0.1) is 12.6 Å². The summed E-state index contributed by atoms with van der Waals surface area (Å²) in [7, 11) is 0. The Morgan fingerprint density at radius 3 is 2.43 bits per heavy atom. The first-order valence-corrected chi connectivity index (χ1v) is 7.56. The molecule has 2 aromatic carbocycles. The molecule has 0 spiro atoms. The van der Waals surface area contributed by atoms with E-state index in [0.29, 0.717) is 12.1 Å². The highest BCUT2D eigenvalue weighted by atomic mass is 19.1. The van der Waals surface area contributed by atoms with Crippen LogP contribution in [0, 0.1) is 0 Å². The smallest absolute Gasteiger partial charge is 0.342 e. The fourth-order valence-electron chi connectivity index (χ4n) is 2.16. The van der Waals surface area contributed by atoms with Crippen molar-refractivity contribution in [1.82, 2.24) is 0 Å². The van der Waals surface area contributed by atoms with Crippen LogP contribution in [-0.4, -0.2) is 18.7 Å². The van der Waals surface area contributed by atoms with Gasteiger partial charge in [0.25, 0.3) is 0 Å². The Morgan fingerprint density at radius 2 is 1.83 bits per heavy atom. The molecular weight excluding hydrogens is 295 g/mol. The van der Waals surface area contributed by atoms with Gasteiger partial charge in [-0.05, 0) is 30.2 Å². The lowest BCUT2D eigenvalue weighted by Gasteiger charge is -2.16. The monoisotopic (exact) mass is 316 g/mol. The standard InChI is InChI=1S/C18H21FN2O2/c1-2-23-18(22)16(19)17(20)14-8-10-15(11-9-14)21-12-13-6-4-3-5-7-13/h3-11,16-17,21H,2,12,20H2,1H3/t16?,17-/m0/s1. The highest BCUT2D eigenvalue weighted by Crippen LogP contribution is 2.20. The largest absolute Gasteiger partial charge is 0.464 e. The molecule has 0 amide bonds. The van der Waals surface area contributed by atoms with Gasteiger partial charge in [-0.3, -0.25) is 0 Å². The molecule has 2 atom stereocenters. The number of alkyl halides is 1. The van der Waals surface area contributed by atoms with Crippen molar-refractivity contribution >= 4 is 11.7 Å². The van der Waals surface area contributed by atoms with E-state index in [2.05, 4.69) is 10.1 Å². The minimum absolute atomic E-state index is 0.133. The summed E-state index contributed by atoms with van der Waals surface area (Å²) in [5, 5.41) is 3.27. The molecule has 3 N–H and O–H groups in total. The first-order valence-electron chi connectivity index (χ1n) is 7.56. The van der Waals surface area contributed by atoms with Gasteiger partial charge in [0, 0.05) is 12.2 Å². The molecule has 0 saturated heterocycles. The number of carbonyl (C=O) groups excluding carboxylic acids is 1. The number of rotatable bonds is 7. The van der Waals surface area contributed by atoms with Crippen molar-refractivity contribution in [3.8, 4) is 0 Å². The summed E-state index contributed by atoms with van der Waals surface area (Å²) in [4.78, 5) is 11.4. The van der Waals surface area contributed by atoms with E-state index in [4.69, 9.17) is 5.73 Å². The van der Waals surface area contributed by atoms with Crippen molar-refractivity contribution in [2.75, 3.05) is 11.9 Å². The minimum Gasteiger partial charge on any atom is -0.464 e. The number of esters is 1. The van der Waals surface area contributed by atoms with E-state index in [-0.39, 0.29) is 6.61 Å². The molecule has 0 aliphatic rings. The third-order valence-corrected chi connectivity index (χ3v) is 3.46. The van der Waals surface area contributed by atoms with E-state index in [0.717, 1.165) is 5.69 Å². The van der Waals surface area contributed by atoms with E-state index >= 15 is 0 Å². The van der Waals surface area contributed by atoms with Crippen LogP contribution in [0.2, 0.25) is 0 Å². The molecule has 4 nitrogen and oxygen atoms in total. The number of hydrogen-bond donors (Lipinski definition) is 2. The van der Waals surface area contributed by atoms with Crippen molar-refractivity contribution < 1.29 is 13.9 Å². The molecule has 0 aliphatic carbocycles. The maximum atomic E-state index is 13.9. The number of hydrogen-bond acceptors (Lipinski definition) is 4.